The lowest BCUT2D eigenvalue weighted by Gasteiger charge is -1.96. The fraction of sp³-hybridized carbons (Fsp3) is 0. The number of hydrogen-bond acceptors (Lipinski definition) is 3. The summed E-state index contributed by atoms with van der Waals surface area (Å²) in [5, 5.41) is 1.01. The number of anilines is 1. The molecule has 3 rings (SSSR count). The van der Waals surface area contributed by atoms with E-state index in [2.05, 4.69) is 27.0 Å². The molecule has 1 aromatic heterocycles. The van der Waals surface area contributed by atoms with E-state index in [1.165, 1.54) is 4.70 Å². The summed E-state index contributed by atoms with van der Waals surface area (Å²) in [6, 6.07) is 13.9. The smallest absolute Gasteiger partial charge is 0.124 e. The molecule has 17 heavy (non-hydrogen) atoms. The molecule has 0 aliphatic rings. The monoisotopic (exact) mass is 304 g/mol. The molecular weight excluding hydrogens is 296 g/mol. The van der Waals surface area contributed by atoms with Crippen LogP contribution in [0.25, 0.3) is 20.8 Å². The maximum absolute atomic E-state index is 5.78. The van der Waals surface area contributed by atoms with Crippen molar-refractivity contribution in [2.45, 2.75) is 0 Å². The van der Waals surface area contributed by atoms with E-state index in [1.807, 2.05) is 36.4 Å². The van der Waals surface area contributed by atoms with E-state index >= 15 is 0 Å². The molecule has 2 nitrogen and oxygen atoms in total. The van der Waals surface area contributed by atoms with E-state index in [4.69, 9.17) is 5.73 Å². The van der Waals surface area contributed by atoms with Gasteiger partial charge < -0.3 is 5.73 Å². The molecule has 0 aliphatic carbocycles. The van der Waals surface area contributed by atoms with Crippen molar-refractivity contribution >= 4 is 43.2 Å². The number of thiazole rings is 1. The summed E-state index contributed by atoms with van der Waals surface area (Å²) in [5.41, 5.74) is 8.65. The molecule has 84 valence electrons. The van der Waals surface area contributed by atoms with Crippen molar-refractivity contribution in [1.29, 1.82) is 0 Å². The minimum Gasteiger partial charge on any atom is -0.399 e. The fourth-order valence-corrected chi connectivity index (χ4v) is 3.21. The van der Waals surface area contributed by atoms with Gasteiger partial charge in [-0.15, -0.1) is 11.3 Å². The molecule has 0 saturated carbocycles. The second-order valence-corrected chi connectivity index (χ2v) is 5.70. The van der Waals surface area contributed by atoms with Crippen LogP contribution in [0.4, 0.5) is 5.69 Å². The number of fused-ring (bicyclic) bond motifs is 1. The molecule has 0 atom stereocenters. The number of rotatable bonds is 1. The number of benzene rings is 2. The maximum atomic E-state index is 5.78. The van der Waals surface area contributed by atoms with Gasteiger partial charge in [0.25, 0.3) is 0 Å². The largest absolute Gasteiger partial charge is 0.399 e. The number of nitrogen functional groups attached to an aromatic ring is 1. The molecule has 0 unspecified atom stereocenters. The van der Waals surface area contributed by atoms with Crippen LogP contribution < -0.4 is 5.73 Å². The molecule has 0 amide bonds. The molecule has 1 heterocycles. The number of nitrogens with two attached hydrogens (primary N) is 1. The van der Waals surface area contributed by atoms with Gasteiger partial charge in [-0.3, -0.25) is 0 Å². The van der Waals surface area contributed by atoms with E-state index in [9.17, 15) is 0 Å². The minimum absolute atomic E-state index is 0.767. The first-order chi connectivity index (χ1) is 8.22. The standard InChI is InChI=1S/C13H9BrN2S/c14-9-4-5-11-12(7-9)17-13(16-11)8-2-1-3-10(15)6-8/h1-7H,15H2. The van der Waals surface area contributed by atoms with E-state index in [0.29, 0.717) is 0 Å². The predicted octanol–water partition coefficient (Wildman–Crippen LogP) is 4.31. The molecule has 0 fully saturated rings. The Bertz CT molecular complexity index is 691. The second kappa shape index (κ2) is 4.13. The third-order valence-electron chi connectivity index (χ3n) is 2.48. The molecule has 0 spiro atoms. The maximum Gasteiger partial charge on any atom is 0.124 e. The van der Waals surface area contributed by atoms with Gasteiger partial charge in [-0.2, -0.15) is 0 Å². The van der Waals surface area contributed by atoms with Gasteiger partial charge in [0.15, 0.2) is 0 Å². The molecule has 0 bridgehead atoms. The van der Waals surface area contributed by atoms with Crippen LogP contribution in [0.2, 0.25) is 0 Å². The Labute approximate surface area is 111 Å². The van der Waals surface area contributed by atoms with Crippen LogP contribution in [-0.4, -0.2) is 4.98 Å². The quantitative estimate of drug-likeness (QED) is 0.680. The highest BCUT2D eigenvalue weighted by Crippen LogP contribution is 2.32. The van der Waals surface area contributed by atoms with E-state index in [0.717, 1.165) is 26.2 Å². The summed E-state index contributed by atoms with van der Waals surface area (Å²) in [7, 11) is 0. The Balaban J connectivity index is 2.18. The predicted molar refractivity (Wildman–Crippen MR) is 77.2 cm³/mol. The van der Waals surface area contributed by atoms with Gasteiger partial charge in [0, 0.05) is 15.7 Å². The Hall–Kier alpha value is -1.39. The zero-order chi connectivity index (χ0) is 11.8. The van der Waals surface area contributed by atoms with Crippen LogP contribution in [0.15, 0.2) is 46.9 Å². The highest BCUT2D eigenvalue weighted by molar-refractivity contribution is 9.10. The molecule has 4 heteroatoms. The van der Waals surface area contributed by atoms with Crippen molar-refractivity contribution in [3.05, 3.63) is 46.9 Å². The Morgan fingerprint density at radius 1 is 1.12 bits per heavy atom. The fourth-order valence-electron chi connectivity index (χ4n) is 1.69. The zero-order valence-corrected chi connectivity index (χ0v) is 11.3. The summed E-state index contributed by atoms with van der Waals surface area (Å²) in [6.07, 6.45) is 0. The van der Waals surface area contributed by atoms with Crippen LogP contribution in [0.1, 0.15) is 0 Å². The topological polar surface area (TPSA) is 38.9 Å². The van der Waals surface area contributed by atoms with Crippen molar-refractivity contribution < 1.29 is 0 Å². The van der Waals surface area contributed by atoms with Gasteiger partial charge in [0.2, 0.25) is 0 Å². The van der Waals surface area contributed by atoms with Crippen LogP contribution in [0, 0.1) is 0 Å². The van der Waals surface area contributed by atoms with Crippen molar-refractivity contribution in [3.63, 3.8) is 0 Å². The molecule has 3 aromatic rings. The zero-order valence-electron chi connectivity index (χ0n) is 8.85. The van der Waals surface area contributed by atoms with Crippen molar-refractivity contribution in [1.82, 2.24) is 4.98 Å². The summed E-state index contributed by atoms with van der Waals surface area (Å²) < 4.78 is 2.25. The summed E-state index contributed by atoms with van der Waals surface area (Å²) in [5.74, 6) is 0. The second-order valence-electron chi connectivity index (χ2n) is 3.76. The van der Waals surface area contributed by atoms with Gasteiger partial charge in [-0.1, -0.05) is 28.1 Å². The molecule has 0 saturated heterocycles. The number of aromatic nitrogens is 1. The normalized spacial score (nSPS) is 10.9. The minimum atomic E-state index is 0.767. The van der Waals surface area contributed by atoms with Crippen LogP contribution in [0.3, 0.4) is 0 Å². The Kier molecular flexibility index (Phi) is 2.61. The van der Waals surface area contributed by atoms with Gasteiger partial charge in [0.05, 0.1) is 10.2 Å². The Morgan fingerprint density at radius 3 is 2.82 bits per heavy atom. The van der Waals surface area contributed by atoms with Crippen LogP contribution >= 0.6 is 27.3 Å². The number of halogens is 1. The third-order valence-corrected chi connectivity index (χ3v) is 4.04. The lowest BCUT2D eigenvalue weighted by molar-refractivity contribution is 1.47. The van der Waals surface area contributed by atoms with Crippen LogP contribution in [-0.2, 0) is 0 Å². The van der Waals surface area contributed by atoms with Gasteiger partial charge in [0.1, 0.15) is 5.01 Å². The van der Waals surface area contributed by atoms with Crippen molar-refractivity contribution in [2.75, 3.05) is 5.73 Å². The Morgan fingerprint density at radius 2 is 2.00 bits per heavy atom. The number of nitrogens with zero attached hydrogens (tertiary/aromatic N) is 1. The summed E-state index contributed by atoms with van der Waals surface area (Å²) in [6.45, 7) is 0. The van der Waals surface area contributed by atoms with Gasteiger partial charge in [-0.05, 0) is 30.3 Å². The molecule has 2 aromatic carbocycles. The molecule has 0 radical (unpaired) electrons. The average molecular weight is 305 g/mol. The molecular formula is C13H9BrN2S. The van der Waals surface area contributed by atoms with Crippen molar-refractivity contribution in [2.24, 2.45) is 0 Å². The SMILES string of the molecule is Nc1cccc(-c2nc3ccc(Br)cc3s2)c1. The first kappa shape index (κ1) is 10.7. The lowest BCUT2D eigenvalue weighted by Crippen LogP contribution is -1.84. The number of hydrogen-bond donors (Lipinski definition) is 1. The molecule has 0 aliphatic heterocycles. The first-order valence-corrected chi connectivity index (χ1v) is 6.75. The van der Waals surface area contributed by atoms with Gasteiger partial charge >= 0.3 is 0 Å². The average Bonchev–Trinajstić information content (AvgIpc) is 2.72. The van der Waals surface area contributed by atoms with E-state index in [1.54, 1.807) is 11.3 Å². The van der Waals surface area contributed by atoms with E-state index < -0.39 is 0 Å². The highest BCUT2D eigenvalue weighted by Gasteiger charge is 2.06. The molecule has 2 N–H and O–H groups in total. The summed E-state index contributed by atoms with van der Waals surface area (Å²) in [4.78, 5) is 4.61. The summed E-state index contributed by atoms with van der Waals surface area (Å²) >= 11 is 5.14. The van der Waals surface area contributed by atoms with Crippen LogP contribution in [0.5, 0.6) is 0 Å². The third kappa shape index (κ3) is 2.06. The van der Waals surface area contributed by atoms with Crippen molar-refractivity contribution in [3.8, 4) is 10.6 Å². The highest BCUT2D eigenvalue weighted by atomic mass is 79.9. The van der Waals surface area contributed by atoms with E-state index in [-0.39, 0.29) is 0 Å². The van der Waals surface area contributed by atoms with Gasteiger partial charge in [-0.25, -0.2) is 4.98 Å². The first-order valence-electron chi connectivity index (χ1n) is 5.14. The lowest BCUT2D eigenvalue weighted by atomic mass is 10.2.